The van der Waals surface area contributed by atoms with E-state index in [0.29, 0.717) is 14.3 Å². The Balaban J connectivity index is 2.74. The molecule has 1 unspecified atom stereocenters. The van der Waals surface area contributed by atoms with Crippen LogP contribution in [0.1, 0.15) is 53.9 Å². The predicted octanol–water partition coefficient (Wildman–Crippen LogP) is 4.01. The van der Waals surface area contributed by atoms with Crippen molar-refractivity contribution in [1.82, 2.24) is 5.32 Å². The van der Waals surface area contributed by atoms with Crippen molar-refractivity contribution in [2.75, 3.05) is 13.1 Å². The first-order valence-corrected chi connectivity index (χ1v) is 7.10. The molecule has 0 aliphatic carbocycles. The lowest BCUT2D eigenvalue weighted by Crippen LogP contribution is -2.37. The second-order valence-corrected chi connectivity index (χ2v) is 9.63. The molecule has 1 aliphatic rings. The minimum absolute atomic E-state index is 0.426. The van der Waals surface area contributed by atoms with E-state index < -0.39 is 0 Å². The van der Waals surface area contributed by atoms with Crippen LogP contribution in [0.15, 0.2) is 0 Å². The maximum absolute atomic E-state index is 3.64. The molecule has 0 bridgehead atoms. The number of halogens is 1. The molecule has 0 aromatic heterocycles. The molecule has 90 valence electrons. The third kappa shape index (κ3) is 5.03. The van der Waals surface area contributed by atoms with Crippen molar-refractivity contribution < 1.29 is 0 Å². The Labute approximate surface area is 109 Å². The van der Waals surface area contributed by atoms with Crippen LogP contribution in [0.2, 0.25) is 0 Å². The van der Waals surface area contributed by atoms with Crippen molar-refractivity contribution in [3.05, 3.63) is 0 Å². The molecule has 15 heavy (non-hydrogen) atoms. The number of hydrogen-bond acceptors (Lipinski definition) is 1. The minimum atomic E-state index is 0.426. The molecule has 1 aliphatic heterocycles. The van der Waals surface area contributed by atoms with E-state index in [-0.39, 0.29) is 0 Å². The molecule has 2 heteroatoms. The SMILES string of the molecule is CC1(C)CCC(C)(I)CNCC(C)(C)C1. The fourth-order valence-corrected chi connectivity index (χ4v) is 3.33. The lowest BCUT2D eigenvalue weighted by molar-refractivity contribution is 0.184. The lowest BCUT2D eigenvalue weighted by atomic mass is 9.72. The Bertz CT molecular complexity index is 219. The molecule has 0 saturated carbocycles. The summed E-state index contributed by atoms with van der Waals surface area (Å²) in [5, 5.41) is 3.64. The molecule has 0 aromatic rings. The van der Waals surface area contributed by atoms with E-state index >= 15 is 0 Å². The molecule has 1 rings (SSSR count). The first kappa shape index (κ1) is 13.8. The van der Waals surface area contributed by atoms with Crippen LogP contribution in [0, 0.1) is 10.8 Å². The highest BCUT2D eigenvalue weighted by molar-refractivity contribution is 14.1. The molecule has 1 nitrogen and oxygen atoms in total. The molecule has 1 heterocycles. The number of hydrogen-bond donors (Lipinski definition) is 1. The summed E-state index contributed by atoms with van der Waals surface area (Å²) in [7, 11) is 0. The molecule has 0 radical (unpaired) electrons. The van der Waals surface area contributed by atoms with Gasteiger partial charge < -0.3 is 5.32 Å². The van der Waals surface area contributed by atoms with E-state index in [9.17, 15) is 0 Å². The zero-order valence-corrected chi connectivity index (χ0v) is 13.1. The summed E-state index contributed by atoms with van der Waals surface area (Å²) in [5.41, 5.74) is 0.919. The highest BCUT2D eigenvalue weighted by atomic mass is 127. The summed E-state index contributed by atoms with van der Waals surface area (Å²) < 4.78 is 0.426. The van der Waals surface area contributed by atoms with Crippen molar-refractivity contribution in [3.8, 4) is 0 Å². The summed E-state index contributed by atoms with van der Waals surface area (Å²) in [6.45, 7) is 14.3. The third-order valence-electron chi connectivity index (χ3n) is 3.38. The summed E-state index contributed by atoms with van der Waals surface area (Å²) in [5.74, 6) is 0. The summed E-state index contributed by atoms with van der Waals surface area (Å²) in [6, 6.07) is 0. The van der Waals surface area contributed by atoms with Gasteiger partial charge in [-0.25, -0.2) is 0 Å². The van der Waals surface area contributed by atoms with Gasteiger partial charge in [0.25, 0.3) is 0 Å². The van der Waals surface area contributed by atoms with Crippen molar-refractivity contribution in [2.45, 2.75) is 57.3 Å². The summed E-state index contributed by atoms with van der Waals surface area (Å²) in [4.78, 5) is 0. The van der Waals surface area contributed by atoms with Crippen LogP contribution < -0.4 is 5.32 Å². The van der Waals surface area contributed by atoms with Crippen LogP contribution in [0.25, 0.3) is 0 Å². The van der Waals surface area contributed by atoms with Gasteiger partial charge in [0.2, 0.25) is 0 Å². The van der Waals surface area contributed by atoms with Crippen molar-refractivity contribution >= 4 is 22.6 Å². The molecule has 0 aromatic carbocycles. The van der Waals surface area contributed by atoms with Gasteiger partial charge in [-0.15, -0.1) is 0 Å². The number of rotatable bonds is 0. The van der Waals surface area contributed by atoms with E-state index in [1.54, 1.807) is 0 Å². The second kappa shape index (κ2) is 4.52. The van der Waals surface area contributed by atoms with Gasteiger partial charge in [0.05, 0.1) is 0 Å². The summed E-state index contributed by atoms with van der Waals surface area (Å²) in [6.07, 6.45) is 3.99. The molecule has 0 spiro atoms. The first-order chi connectivity index (χ1) is 6.62. The lowest BCUT2D eigenvalue weighted by Gasteiger charge is -2.34. The highest BCUT2D eigenvalue weighted by Gasteiger charge is 2.33. The normalized spacial score (nSPS) is 36.4. The monoisotopic (exact) mass is 323 g/mol. The largest absolute Gasteiger partial charge is 0.315 e. The molecule has 0 amide bonds. The van der Waals surface area contributed by atoms with Crippen LogP contribution in [-0.4, -0.2) is 16.5 Å². The third-order valence-corrected chi connectivity index (χ3v) is 4.30. The quantitative estimate of drug-likeness (QED) is 0.525. The number of alkyl halides is 1. The topological polar surface area (TPSA) is 12.0 Å². The van der Waals surface area contributed by atoms with Gasteiger partial charge in [-0.1, -0.05) is 50.3 Å². The van der Waals surface area contributed by atoms with Crippen molar-refractivity contribution in [3.63, 3.8) is 0 Å². The summed E-state index contributed by atoms with van der Waals surface area (Å²) >= 11 is 2.62. The Hall–Kier alpha value is 0.690. The zero-order chi connectivity index (χ0) is 11.7. The fourth-order valence-electron chi connectivity index (χ4n) is 2.80. The maximum atomic E-state index is 3.64. The second-order valence-electron chi connectivity index (χ2n) is 7.02. The Kier molecular flexibility index (Phi) is 4.14. The Morgan fingerprint density at radius 3 is 2.07 bits per heavy atom. The van der Waals surface area contributed by atoms with Crippen LogP contribution >= 0.6 is 22.6 Å². The van der Waals surface area contributed by atoms with Gasteiger partial charge in [-0.3, -0.25) is 0 Å². The number of nitrogens with one attached hydrogen (secondary N) is 1. The highest BCUT2D eigenvalue weighted by Crippen LogP contribution is 2.40. The Morgan fingerprint density at radius 1 is 0.867 bits per heavy atom. The van der Waals surface area contributed by atoms with Gasteiger partial charge in [0, 0.05) is 16.5 Å². The smallest absolute Gasteiger partial charge is 0.0318 e. The average Bonchev–Trinajstić information content (AvgIpc) is 2.00. The maximum Gasteiger partial charge on any atom is 0.0318 e. The first-order valence-electron chi connectivity index (χ1n) is 6.02. The van der Waals surface area contributed by atoms with Gasteiger partial charge in [0.15, 0.2) is 0 Å². The van der Waals surface area contributed by atoms with Crippen LogP contribution in [0.3, 0.4) is 0 Å². The van der Waals surface area contributed by atoms with Crippen LogP contribution in [0.4, 0.5) is 0 Å². The molecule has 1 N–H and O–H groups in total. The average molecular weight is 323 g/mol. The van der Waals surface area contributed by atoms with Gasteiger partial charge in [-0.05, 0) is 37.0 Å². The van der Waals surface area contributed by atoms with Gasteiger partial charge >= 0.3 is 0 Å². The molecule has 1 saturated heterocycles. The van der Waals surface area contributed by atoms with Gasteiger partial charge in [0.1, 0.15) is 0 Å². The Morgan fingerprint density at radius 2 is 1.47 bits per heavy atom. The van der Waals surface area contributed by atoms with E-state index in [0.717, 1.165) is 13.1 Å². The standard InChI is InChI=1S/C13H26IN/c1-11(2)6-7-13(5,14)10-15-9-12(3,4)8-11/h15H,6-10H2,1-5H3. The zero-order valence-electron chi connectivity index (χ0n) is 10.9. The van der Waals surface area contributed by atoms with E-state index in [1.807, 2.05) is 0 Å². The van der Waals surface area contributed by atoms with Crippen LogP contribution in [0.5, 0.6) is 0 Å². The van der Waals surface area contributed by atoms with Crippen molar-refractivity contribution in [2.24, 2.45) is 10.8 Å². The van der Waals surface area contributed by atoms with E-state index in [1.165, 1.54) is 19.3 Å². The van der Waals surface area contributed by atoms with E-state index in [4.69, 9.17) is 0 Å². The van der Waals surface area contributed by atoms with E-state index in [2.05, 4.69) is 62.5 Å². The van der Waals surface area contributed by atoms with Crippen LogP contribution in [-0.2, 0) is 0 Å². The molecular weight excluding hydrogens is 297 g/mol. The van der Waals surface area contributed by atoms with Gasteiger partial charge in [-0.2, -0.15) is 0 Å². The predicted molar refractivity (Wildman–Crippen MR) is 76.7 cm³/mol. The molecule has 1 atom stereocenters. The minimum Gasteiger partial charge on any atom is -0.315 e. The molecular formula is C13H26IN. The van der Waals surface area contributed by atoms with Crippen molar-refractivity contribution in [1.29, 1.82) is 0 Å². The molecule has 1 fully saturated rings. The fraction of sp³-hybridized carbons (Fsp3) is 1.00.